The molecule has 2 aliphatic heterocycles. The van der Waals surface area contributed by atoms with Gasteiger partial charge in [-0.25, -0.2) is 10.9 Å². The molecule has 0 radical (unpaired) electrons. The van der Waals surface area contributed by atoms with Crippen LogP contribution in [0.25, 0.3) is 11.4 Å². The summed E-state index contributed by atoms with van der Waals surface area (Å²) in [5.41, 5.74) is 14.1. The highest BCUT2D eigenvalue weighted by atomic mass is 32.1. The third-order valence-corrected chi connectivity index (χ3v) is 10.7. The van der Waals surface area contributed by atoms with Crippen LogP contribution < -0.4 is 30.3 Å². The van der Waals surface area contributed by atoms with E-state index in [1.165, 1.54) is 9.75 Å². The smallest absolute Gasteiger partial charge is 0.119 e. The van der Waals surface area contributed by atoms with Crippen LogP contribution in [0.5, 0.6) is 11.5 Å². The fourth-order valence-corrected chi connectivity index (χ4v) is 7.72. The molecule has 6 aromatic rings. The predicted octanol–water partition coefficient (Wildman–Crippen LogP) is 10.3. The lowest BCUT2D eigenvalue weighted by atomic mass is 10.1. The molecule has 6 nitrogen and oxygen atoms in total. The fourth-order valence-electron chi connectivity index (χ4n) is 6.24. The summed E-state index contributed by atoms with van der Waals surface area (Å²) in [7, 11) is 0. The second kappa shape index (κ2) is 15.2. The number of rotatable bonds is 13. The van der Waals surface area contributed by atoms with Crippen molar-refractivity contribution in [3.05, 3.63) is 177 Å². The number of thiophene rings is 2. The van der Waals surface area contributed by atoms with Gasteiger partial charge in [-0.15, -0.1) is 22.7 Å². The van der Waals surface area contributed by atoms with E-state index in [2.05, 4.69) is 165 Å². The van der Waals surface area contributed by atoms with Gasteiger partial charge in [0.15, 0.2) is 0 Å². The number of hydrogen-bond donors (Lipinski definition) is 2. The SMILES string of the molecule is C1=C(c2ccc(OCCCCOc3ccc(C4=CC(c5cccs5)NN4c4ccccc4)cc3)cc2)N(c2ccccc2)NC1c1cccs1. The topological polar surface area (TPSA) is 49.0 Å². The average molecular weight is 695 g/mol. The van der Waals surface area contributed by atoms with Gasteiger partial charge in [-0.05, 0) is 132 Å². The number of para-hydroxylation sites is 2. The summed E-state index contributed by atoms with van der Waals surface area (Å²) >= 11 is 3.53. The lowest BCUT2D eigenvalue weighted by Gasteiger charge is -2.24. The Kier molecular flexibility index (Phi) is 9.75. The van der Waals surface area contributed by atoms with Crippen LogP contribution in [0, 0.1) is 0 Å². The number of nitrogens with one attached hydrogen (secondary N) is 2. The normalized spacial score (nSPS) is 17.1. The zero-order valence-electron chi connectivity index (χ0n) is 27.5. The van der Waals surface area contributed by atoms with Gasteiger partial charge in [0.1, 0.15) is 11.5 Å². The highest BCUT2D eigenvalue weighted by Crippen LogP contribution is 2.37. The summed E-state index contributed by atoms with van der Waals surface area (Å²) in [6, 6.07) is 46.5. The zero-order chi connectivity index (χ0) is 33.5. The standard InChI is InChI=1S/C42H38N4O2S2/c1-3-11-33(12-4-1)45-39(29-37(43-45)41-15-9-27-49-41)31-17-21-35(22-18-31)47-25-7-8-26-48-36-23-19-32(20-24-36)40-30-38(42-16-10-28-50-42)44-46(40)34-13-5-2-6-14-34/h1-6,9-24,27-30,37-38,43-44H,7-8,25-26H2. The molecule has 2 N–H and O–H groups in total. The van der Waals surface area contributed by atoms with Crippen LogP contribution in [0.4, 0.5) is 11.4 Å². The molecule has 0 saturated heterocycles. The maximum atomic E-state index is 6.10. The first-order valence-electron chi connectivity index (χ1n) is 17.0. The number of benzene rings is 4. The third-order valence-electron chi connectivity index (χ3n) is 8.77. The van der Waals surface area contributed by atoms with Gasteiger partial charge in [0.25, 0.3) is 0 Å². The highest BCUT2D eigenvalue weighted by molar-refractivity contribution is 7.10. The molecular formula is C42H38N4O2S2. The first kappa shape index (κ1) is 32.1. The number of hydrogen-bond acceptors (Lipinski definition) is 8. The molecule has 4 heterocycles. The Labute approximate surface area is 301 Å². The van der Waals surface area contributed by atoms with Crippen LogP contribution in [-0.2, 0) is 0 Å². The second-order valence-corrected chi connectivity index (χ2v) is 14.1. The van der Waals surface area contributed by atoms with Gasteiger partial charge in [0, 0.05) is 9.75 Å². The van der Waals surface area contributed by atoms with E-state index in [4.69, 9.17) is 9.47 Å². The fraction of sp³-hybridized carbons (Fsp3) is 0.143. The van der Waals surface area contributed by atoms with E-state index in [0.29, 0.717) is 13.2 Å². The van der Waals surface area contributed by atoms with Crippen LogP contribution in [0.3, 0.4) is 0 Å². The molecule has 50 heavy (non-hydrogen) atoms. The molecule has 0 aliphatic carbocycles. The molecule has 2 unspecified atom stereocenters. The molecule has 0 amide bonds. The average Bonchev–Trinajstić information content (AvgIpc) is 4.01. The van der Waals surface area contributed by atoms with Crippen molar-refractivity contribution in [1.29, 1.82) is 0 Å². The van der Waals surface area contributed by atoms with E-state index in [1.54, 1.807) is 22.7 Å². The summed E-state index contributed by atoms with van der Waals surface area (Å²) in [4.78, 5) is 2.58. The monoisotopic (exact) mass is 694 g/mol. The predicted molar refractivity (Wildman–Crippen MR) is 207 cm³/mol. The van der Waals surface area contributed by atoms with Crippen molar-refractivity contribution in [2.45, 2.75) is 24.9 Å². The first-order valence-corrected chi connectivity index (χ1v) is 18.7. The minimum absolute atomic E-state index is 0.137. The summed E-state index contributed by atoms with van der Waals surface area (Å²) in [5, 5.41) is 8.61. The molecule has 0 fully saturated rings. The molecule has 2 aromatic heterocycles. The Morgan fingerprint density at radius 1 is 0.480 bits per heavy atom. The van der Waals surface area contributed by atoms with Crippen molar-refractivity contribution >= 4 is 45.4 Å². The number of unbranched alkanes of at least 4 members (excludes halogenated alkanes) is 1. The third kappa shape index (κ3) is 7.25. The molecule has 2 atom stereocenters. The van der Waals surface area contributed by atoms with E-state index >= 15 is 0 Å². The van der Waals surface area contributed by atoms with E-state index in [0.717, 1.165) is 58.2 Å². The molecule has 0 saturated carbocycles. The van der Waals surface area contributed by atoms with Crippen LogP contribution in [0.1, 0.15) is 45.8 Å². The van der Waals surface area contributed by atoms with Crippen molar-refractivity contribution in [3.8, 4) is 11.5 Å². The Morgan fingerprint density at radius 2 is 0.900 bits per heavy atom. The Morgan fingerprint density at radius 3 is 1.28 bits per heavy atom. The number of anilines is 2. The van der Waals surface area contributed by atoms with E-state index < -0.39 is 0 Å². The van der Waals surface area contributed by atoms with Crippen molar-refractivity contribution in [2.24, 2.45) is 0 Å². The van der Waals surface area contributed by atoms with Gasteiger partial charge in [-0.3, -0.25) is 10.0 Å². The molecule has 8 heteroatoms. The van der Waals surface area contributed by atoms with Gasteiger partial charge in [0.2, 0.25) is 0 Å². The molecular weight excluding hydrogens is 657 g/mol. The van der Waals surface area contributed by atoms with E-state index in [9.17, 15) is 0 Å². The summed E-state index contributed by atoms with van der Waals surface area (Å²) in [6.07, 6.45) is 6.42. The number of ether oxygens (including phenoxy) is 2. The quantitative estimate of drug-likeness (QED) is 0.117. The zero-order valence-corrected chi connectivity index (χ0v) is 29.2. The Balaban J connectivity index is 0.828. The summed E-state index contributed by atoms with van der Waals surface area (Å²) in [6.45, 7) is 1.29. The van der Waals surface area contributed by atoms with Gasteiger partial charge >= 0.3 is 0 Å². The van der Waals surface area contributed by atoms with Crippen LogP contribution in [0.15, 0.2) is 156 Å². The molecule has 2 aliphatic rings. The number of nitrogens with zero attached hydrogens (tertiary/aromatic N) is 2. The van der Waals surface area contributed by atoms with E-state index in [1.807, 2.05) is 12.1 Å². The van der Waals surface area contributed by atoms with Gasteiger partial charge in [-0.2, -0.15) is 0 Å². The molecule has 0 spiro atoms. The molecule has 0 bridgehead atoms. The molecule has 250 valence electrons. The highest BCUT2D eigenvalue weighted by Gasteiger charge is 2.28. The van der Waals surface area contributed by atoms with E-state index in [-0.39, 0.29) is 12.1 Å². The second-order valence-electron chi connectivity index (χ2n) is 12.1. The maximum absolute atomic E-state index is 6.10. The van der Waals surface area contributed by atoms with Crippen molar-refractivity contribution in [1.82, 2.24) is 10.9 Å². The lowest BCUT2D eigenvalue weighted by Crippen LogP contribution is -2.32. The summed E-state index contributed by atoms with van der Waals surface area (Å²) < 4.78 is 12.2. The van der Waals surface area contributed by atoms with Crippen LogP contribution in [0.2, 0.25) is 0 Å². The van der Waals surface area contributed by atoms with Crippen LogP contribution >= 0.6 is 22.7 Å². The van der Waals surface area contributed by atoms with Crippen molar-refractivity contribution < 1.29 is 9.47 Å². The largest absolute Gasteiger partial charge is 0.494 e. The minimum Gasteiger partial charge on any atom is -0.494 e. The van der Waals surface area contributed by atoms with Crippen molar-refractivity contribution in [3.63, 3.8) is 0 Å². The van der Waals surface area contributed by atoms with Gasteiger partial charge in [-0.1, -0.05) is 48.5 Å². The van der Waals surface area contributed by atoms with Crippen LogP contribution in [-0.4, -0.2) is 13.2 Å². The summed E-state index contributed by atoms with van der Waals surface area (Å²) in [5.74, 6) is 1.75. The molecule has 8 rings (SSSR count). The number of hydrazine groups is 2. The van der Waals surface area contributed by atoms with Gasteiger partial charge < -0.3 is 9.47 Å². The van der Waals surface area contributed by atoms with Crippen molar-refractivity contribution in [2.75, 3.05) is 23.2 Å². The Hall–Kier alpha value is -5.12. The minimum atomic E-state index is 0.137. The molecule has 4 aromatic carbocycles. The Bertz CT molecular complexity index is 1860. The lowest BCUT2D eigenvalue weighted by molar-refractivity contribution is 0.266. The van der Waals surface area contributed by atoms with Gasteiger partial charge in [0.05, 0.1) is 48.1 Å². The first-order chi connectivity index (χ1) is 24.8. The maximum Gasteiger partial charge on any atom is 0.119 e.